The molecule has 0 unspecified atom stereocenters. The van der Waals surface area contributed by atoms with E-state index in [1.165, 1.54) is 0 Å². The van der Waals surface area contributed by atoms with Gasteiger partial charge in [0.05, 0.1) is 0 Å². The normalized spacial score (nSPS) is 10.6. The van der Waals surface area contributed by atoms with Crippen LogP contribution in [0.5, 0.6) is 0 Å². The van der Waals surface area contributed by atoms with Crippen molar-refractivity contribution in [1.29, 1.82) is 0 Å². The molecule has 90 valence electrons. The Bertz CT molecular complexity index is 481. The quantitative estimate of drug-likeness (QED) is 0.601. The van der Waals surface area contributed by atoms with Crippen LogP contribution in [-0.4, -0.2) is 26.5 Å². The van der Waals surface area contributed by atoms with Gasteiger partial charge in [0.25, 0.3) is 0 Å². The van der Waals surface area contributed by atoms with E-state index in [9.17, 15) is 0 Å². The van der Waals surface area contributed by atoms with E-state index >= 15 is 0 Å². The lowest BCUT2D eigenvalue weighted by Crippen LogP contribution is -2.00. The minimum atomic E-state index is 0.218. The number of benzene rings is 1. The van der Waals surface area contributed by atoms with Crippen LogP contribution in [0, 0.1) is 0 Å². The Morgan fingerprint density at radius 3 is 2.94 bits per heavy atom. The van der Waals surface area contributed by atoms with Crippen LogP contribution in [0.1, 0.15) is 12.8 Å². The third-order valence-corrected chi connectivity index (χ3v) is 2.57. The van der Waals surface area contributed by atoms with E-state index in [1.807, 2.05) is 28.8 Å². The van der Waals surface area contributed by atoms with Crippen LogP contribution < -0.4 is 5.73 Å². The van der Waals surface area contributed by atoms with Gasteiger partial charge in [0.1, 0.15) is 6.33 Å². The van der Waals surface area contributed by atoms with Gasteiger partial charge in [0, 0.05) is 24.4 Å². The zero-order chi connectivity index (χ0) is 12.1. The Balaban J connectivity index is 2.18. The molecule has 1 heterocycles. The van der Waals surface area contributed by atoms with Gasteiger partial charge in [-0.05, 0) is 25.0 Å². The summed E-state index contributed by atoms with van der Waals surface area (Å²) in [6, 6.07) is 7.59. The fourth-order valence-corrected chi connectivity index (χ4v) is 1.71. The van der Waals surface area contributed by atoms with Crippen molar-refractivity contribution in [3.05, 3.63) is 30.6 Å². The molecule has 0 radical (unpaired) electrons. The van der Waals surface area contributed by atoms with Crippen molar-refractivity contribution in [1.82, 2.24) is 14.8 Å². The minimum absolute atomic E-state index is 0.218. The van der Waals surface area contributed by atoms with Crippen molar-refractivity contribution in [3.8, 4) is 11.4 Å². The summed E-state index contributed by atoms with van der Waals surface area (Å²) in [6.45, 7) is 1.02. The number of nitrogens with two attached hydrogens (primary N) is 1. The molecule has 0 atom stereocenters. The van der Waals surface area contributed by atoms with Crippen molar-refractivity contribution >= 4 is 5.69 Å². The second-order valence-electron chi connectivity index (χ2n) is 3.90. The summed E-state index contributed by atoms with van der Waals surface area (Å²) in [4.78, 5) is 0. The smallest absolute Gasteiger partial charge is 0.163 e. The summed E-state index contributed by atoms with van der Waals surface area (Å²) >= 11 is 0. The molecule has 0 spiro atoms. The van der Waals surface area contributed by atoms with Gasteiger partial charge in [0.2, 0.25) is 0 Å². The van der Waals surface area contributed by atoms with E-state index in [1.54, 1.807) is 6.33 Å². The molecule has 0 bridgehead atoms. The number of anilines is 1. The van der Waals surface area contributed by atoms with Crippen molar-refractivity contribution in [2.75, 3.05) is 12.3 Å². The van der Waals surface area contributed by atoms with Crippen LogP contribution in [0.15, 0.2) is 30.6 Å². The molecule has 0 saturated carbocycles. The largest absolute Gasteiger partial charge is 0.399 e. The van der Waals surface area contributed by atoms with Crippen molar-refractivity contribution in [2.45, 2.75) is 19.4 Å². The predicted molar refractivity (Wildman–Crippen MR) is 66.2 cm³/mol. The highest BCUT2D eigenvalue weighted by Crippen LogP contribution is 2.19. The van der Waals surface area contributed by atoms with Gasteiger partial charge in [-0.2, -0.15) is 0 Å². The van der Waals surface area contributed by atoms with Crippen LogP contribution in [-0.2, 0) is 6.54 Å². The average molecular weight is 232 g/mol. The maximum Gasteiger partial charge on any atom is 0.163 e. The number of aliphatic hydroxyl groups excluding tert-OH is 1. The molecule has 1 aromatic heterocycles. The number of nitrogen functional groups attached to an aromatic ring is 1. The Labute approximate surface area is 99.9 Å². The van der Waals surface area contributed by atoms with Crippen LogP contribution in [0.2, 0.25) is 0 Å². The molecule has 3 N–H and O–H groups in total. The molecule has 0 aliphatic heterocycles. The predicted octanol–water partition coefficient (Wildman–Crippen LogP) is 1.30. The van der Waals surface area contributed by atoms with Gasteiger partial charge in [-0.3, -0.25) is 0 Å². The van der Waals surface area contributed by atoms with Crippen molar-refractivity contribution in [2.24, 2.45) is 0 Å². The maximum absolute atomic E-state index is 8.76. The molecule has 0 saturated heterocycles. The number of nitrogens with zero attached hydrogens (tertiary/aromatic N) is 3. The summed E-state index contributed by atoms with van der Waals surface area (Å²) in [7, 11) is 0. The summed E-state index contributed by atoms with van der Waals surface area (Å²) in [5.41, 5.74) is 7.43. The second-order valence-corrected chi connectivity index (χ2v) is 3.90. The number of rotatable bonds is 5. The van der Waals surface area contributed by atoms with Crippen LogP contribution in [0.25, 0.3) is 11.4 Å². The first-order valence-electron chi connectivity index (χ1n) is 5.66. The van der Waals surface area contributed by atoms with Crippen LogP contribution in [0.3, 0.4) is 0 Å². The standard InChI is InChI=1S/C12H16N4O/c13-11-5-3-4-10(8-11)12-15-14-9-16(12)6-1-2-7-17/h3-5,8-9,17H,1-2,6-7,13H2. The number of hydrogen-bond donors (Lipinski definition) is 2. The molecule has 0 amide bonds. The monoisotopic (exact) mass is 232 g/mol. The van der Waals surface area contributed by atoms with E-state index < -0.39 is 0 Å². The molecule has 17 heavy (non-hydrogen) atoms. The molecule has 5 heteroatoms. The van der Waals surface area contributed by atoms with Crippen molar-refractivity contribution < 1.29 is 5.11 Å². The van der Waals surface area contributed by atoms with Crippen LogP contribution in [0.4, 0.5) is 5.69 Å². The van der Waals surface area contributed by atoms with Crippen molar-refractivity contribution in [3.63, 3.8) is 0 Å². The summed E-state index contributed by atoms with van der Waals surface area (Å²) in [5, 5.41) is 16.8. The Morgan fingerprint density at radius 2 is 2.18 bits per heavy atom. The lowest BCUT2D eigenvalue weighted by Gasteiger charge is -2.06. The third-order valence-electron chi connectivity index (χ3n) is 2.57. The highest BCUT2D eigenvalue weighted by Gasteiger charge is 2.06. The van der Waals surface area contributed by atoms with E-state index in [2.05, 4.69) is 10.2 Å². The van der Waals surface area contributed by atoms with Gasteiger partial charge in [-0.15, -0.1) is 10.2 Å². The summed E-state index contributed by atoms with van der Waals surface area (Å²) in [5.74, 6) is 0.815. The van der Waals surface area contributed by atoms with Gasteiger partial charge in [-0.25, -0.2) is 0 Å². The summed E-state index contributed by atoms with van der Waals surface area (Å²) < 4.78 is 1.98. The zero-order valence-corrected chi connectivity index (χ0v) is 9.58. The van der Waals surface area contributed by atoms with E-state index in [0.29, 0.717) is 5.69 Å². The summed E-state index contributed by atoms with van der Waals surface area (Å²) in [6.07, 6.45) is 3.40. The molecular formula is C12H16N4O. The lowest BCUT2D eigenvalue weighted by atomic mass is 10.2. The highest BCUT2D eigenvalue weighted by atomic mass is 16.2. The first-order chi connectivity index (χ1) is 8.31. The van der Waals surface area contributed by atoms with Gasteiger partial charge >= 0.3 is 0 Å². The van der Waals surface area contributed by atoms with Gasteiger partial charge in [-0.1, -0.05) is 12.1 Å². The molecule has 1 aromatic carbocycles. The molecule has 0 fully saturated rings. The van der Waals surface area contributed by atoms with Gasteiger partial charge < -0.3 is 15.4 Å². The first-order valence-corrected chi connectivity index (χ1v) is 5.66. The average Bonchev–Trinajstić information content (AvgIpc) is 2.78. The molecule has 2 aromatic rings. The molecule has 5 nitrogen and oxygen atoms in total. The number of aryl methyl sites for hydroxylation is 1. The second kappa shape index (κ2) is 5.45. The highest BCUT2D eigenvalue weighted by molar-refractivity contribution is 5.60. The fraction of sp³-hybridized carbons (Fsp3) is 0.333. The Hall–Kier alpha value is -1.88. The number of aromatic nitrogens is 3. The third kappa shape index (κ3) is 2.82. The number of hydrogen-bond acceptors (Lipinski definition) is 4. The van der Waals surface area contributed by atoms with Gasteiger partial charge in [0.15, 0.2) is 5.82 Å². The van der Waals surface area contributed by atoms with E-state index in [-0.39, 0.29) is 6.61 Å². The fourth-order valence-electron chi connectivity index (χ4n) is 1.71. The molecule has 0 aliphatic carbocycles. The maximum atomic E-state index is 8.76. The number of aliphatic hydroxyl groups is 1. The van der Waals surface area contributed by atoms with Crippen LogP contribution >= 0.6 is 0 Å². The minimum Gasteiger partial charge on any atom is -0.399 e. The van der Waals surface area contributed by atoms with E-state index in [4.69, 9.17) is 10.8 Å². The number of unbranched alkanes of at least 4 members (excludes halogenated alkanes) is 1. The zero-order valence-electron chi connectivity index (χ0n) is 9.58. The Morgan fingerprint density at radius 1 is 1.29 bits per heavy atom. The first kappa shape index (κ1) is 11.6. The molecule has 2 rings (SSSR count). The Kier molecular flexibility index (Phi) is 3.72. The topological polar surface area (TPSA) is 77.0 Å². The molecule has 0 aliphatic rings. The van der Waals surface area contributed by atoms with E-state index in [0.717, 1.165) is 30.8 Å². The molecular weight excluding hydrogens is 216 g/mol. The SMILES string of the molecule is Nc1cccc(-c2nncn2CCCCO)c1. The lowest BCUT2D eigenvalue weighted by molar-refractivity contribution is 0.281.